The second-order valence-electron chi connectivity index (χ2n) is 4.25. The lowest BCUT2D eigenvalue weighted by atomic mass is 9.96. The molecule has 0 saturated heterocycles. The predicted octanol–water partition coefficient (Wildman–Crippen LogP) is 2.94. The molecule has 0 atom stereocenters. The molecule has 2 aromatic carbocycles. The van der Waals surface area contributed by atoms with E-state index in [1.807, 2.05) is 6.07 Å². The number of nitrogens with zero attached hydrogens (tertiary/aromatic N) is 1. The summed E-state index contributed by atoms with van der Waals surface area (Å²) in [6.45, 7) is 0. The lowest BCUT2D eigenvalue weighted by molar-refractivity contribution is 1.06. The van der Waals surface area contributed by atoms with Crippen LogP contribution in [0.15, 0.2) is 42.5 Å². The number of para-hydroxylation sites is 1. The first-order valence-corrected chi connectivity index (χ1v) is 5.46. The van der Waals surface area contributed by atoms with Crippen LogP contribution in [0.3, 0.4) is 0 Å². The zero-order valence-corrected chi connectivity index (χ0v) is 9.27. The molecule has 0 spiro atoms. The maximum atomic E-state index is 5.83. The van der Waals surface area contributed by atoms with Crippen LogP contribution in [0.2, 0.25) is 0 Å². The standard InChI is InChI=1S/C14H14N2/c1-16-13-5-3-2-4-10(13)8-11-9-12(15)6-7-14(11)16/h2-7,9H,8,15H2,1H3. The van der Waals surface area contributed by atoms with Crippen LogP contribution in [0.5, 0.6) is 0 Å². The summed E-state index contributed by atoms with van der Waals surface area (Å²) in [7, 11) is 2.10. The normalized spacial score (nSPS) is 13.2. The molecule has 0 unspecified atom stereocenters. The van der Waals surface area contributed by atoms with Crippen LogP contribution >= 0.6 is 0 Å². The van der Waals surface area contributed by atoms with Gasteiger partial charge in [0.1, 0.15) is 0 Å². The highest BCUT2D eigenvalue weighted by molar-refractivity contribution is 5.75. The van der Waals surface area contributed by atoms with Crippen molar-refractivity contribution >= 4 is 17.1 Å². The summed E-state index contributed by atoms with van der Waals surface area (Å²) in [5, 5.41) is 0. The van der Waals surface area contributed by atoms with Gasteiger partial charge in [0.05, 0.1) is 0 Å². The number of nitrogens with two attached hydrogens (primary N) is 1. The molecule has 16 heavy (non-hydrogen) atoms. The highest BCUT2D eigenvalue weighted by atomic mass is 15.1. The minimum absolute atomic E-state index is 0.839. The first kappa shape index (κ1) is 9.28. The average Bonchev–Trinajstić information content (AvgIpc) is 2.29. The first-order valence-electron chi connectivity index (χ1n) is 5.46. The van der Waals surface area contributed by atoms with E-state index in [2.05, 4.69) is 48.3 Å². The fourth-order valence-electron chi connectivity index (χ4n) is 2.40. The molecule has 0 aromatic heterocycles. The largest absolute Gasteiger partial charge is 0.399 e. The zero-order chi connectivity index (χ0) is 11.1. The minimum atomic E-state index is 0.839. The summed E-state index contributed by atoms with van der Waals surface area (Å²) in [4.78, 5) is 2.23. The van der Waals surface area contributed by atoms with Crippen molar-refractivity contribution in [1.82, 2.24) is 0 Å². The molecule has 0 radical (unpaired) electrons. The van der Waals surface area contributed by atoms with Gasteiger partial charge < -0.3 is 10.6 Å². The van der Waals surface area contributed by atoms with Crippen molar-refractivity contribution in [2.24, 2.45) is 0 Å². The third-order valence-corrected chi connectivity index (χ3v) is 3.20. The van der Waals surface area contributed by atoms with Gasteiger partial charge in [-0.15, -0.1) is 0 Å². The maximum absolute atomic E-state index is 5.83. The monoisotopic (exact) mass is 210 g/mol. The molecule has 1 heterocycles. The van der Waals surface area contributed by atoms with Gasteiger partial charge in [0.15, 0.2) is 0 Å². The third-order valence-electron chi connectivity index (χ3n) is 3.20. The van der Waals surface area contributed by atoms with Crippen LogP contribution in [-0.4, -0.2) is 7.05 Å². The Kier molecular flexibility index (Phi) is 1.90. The van der Waals surface area contributed by atoms with Crippen molar-refractivity contribution in [3.8, 4) is 0 Å². The Bertz CT molecular complexity index is 546. The van der Waals surface area contributed by atoms with Crippen molar-refractivity contribution < 1.29 is 0 Å². The van der Waals surface area contributed by atoms with Gasteiger partial charge in [0, 0.05) is 30.5 Å². The molecule has 2 N–H and O–H groups in total. The summed E-state index contributed by atoms with van der Waals surface area (Å²) in [5.41, 5.74) is 11.9. The molecule has 80 valence electrons. The molecule has 2 aromatic rings. The Morgan fingerprint density at radius 3 is 2.62 bits per heavy atom. The van der Waals surface area contributed by atoms with Crippen LogP contribution in [0.4, 0.5) is 17.1 Å². The van der Waals surface area contributed by atoms with Crippen LogP contribution in [0.25, 0.3) is 0 Å². The van der Waals surface area contributed by atoms with Crippen LogP contribution in [0.1, 0.15) is 11.1 Å². The predicted molar refractivity (Wildman–Crippen MR) is 68.2 cm³/mol. The van der Waals surface area contributed by atoms with Gasteiger partial charge in [-0.05, 0) is 35.4 Å². The van der Waals surface area contributed by atoms with Crippen molar-refractivity contribution in [2.45, 2.75) is 6.42 Å². The molecule has 2 nitrogen and oxygen atoms in total. The molecule has 0 bridgehead atoms. The molecule has 0 amide bonds. The molecule has 0 saturated carbocycles. The number of rotatable bonds is 0. The fraction of sp³-hybridized carbons (Fsp3) is 0.143. The number of anilines is 3. The lowest BCUT2D eigenvalue weighted by Gasteiger charge is -2.30. The third kappa shape index (κ3) is 1.27. The topological polar surface area (TPSA) is 29.3 Å². The summed E-state index contributed by atoms with van der Waals surface area (Å²) in [5.74, 6) is 0. The van der Waals surface area contributed by atoms with Gasteiger partial charge in [-0.25, -0.2) is 0 Å². The Balaban J connectivity index is 2.18. The smallest absolute Gasteiger partial charge is 0.0445 e. The average molecular weight is 210 g/mol. The summed E-state index contributed by atoms with van der Waals surface area (Å²) in [6.07, 6.45) is 0.973. The number of hydrogen-bond acceptors (Lipinski definition) is 2. The van der Waals surface area contributed by atoms with Crippen molar-refractivity contribution in [2.75, 3.05) is 17.7 Å². The Morgan fingerprint density at radius 2 is 1.75 bits per heavy atom. The number of benzene rings is 2. The number of hydrogen-bond donors (Lipinski definition) is 1. The van der Waals surface area contributed by atoms with E-state index in [0.717, 1.165) is 12.1 Å². The van der Waals surface area contributed by atoms with Crippen LogP contribution in [0, 0.1) is 0 Å². The molecular weight excluding hydrogens is 196 g/mol. The van der Waals surface area contributed by atoms with E-state index < -0.39 is 0 Å². The molecule has 0 fully saturated rings. The summed E-state index contributed by atoms with van der Waals surface area (Å²) < 4.78 is 0. The van der Waals surface area contributed by atoms with Gasteiger partial charge in [-0.1, -0.05) is 18.2 Å². The molecule has 1 aliphatic rings. The molecule has 3 rings (SSSR count). The van der Waals surface area contributed by atoms with E-state index in [4.69, 9.17) is 5.73 Å². The summed E-state index contributed by atoms with van der Waals surface area (Å²) >= 11 is 0. The zero-order valence-electron chi connectivity index (χ0n) is 9.27. The van der Waals surface area contributed by atoms with Crippen LogP contribution in [-0.2, 0) is 6.42 Å². The fourth-order valence-corrected chi connectivity index (χ4v) is 2.40. The van der Waals surface area contributed by atoms with E-state index in [-0.39, 0.29) is 0 Å². The van der Waals surface area contributed by atoms with E-state index in [0.29, 0.717) is 0 Å². The Hall–Kier alpha value is -1.96. The first-order chi connectivity index (χ1) is 7.75. The Labute approximate surface area is 95.3 Å². The van der Waals surface area contributed by atoms with Gasteiger partial charge in [0.25, 0.3) is 0 Å². The van der Waals surface area contributed by atoms with Crippen LogP contribution < -0.4 is 10.6 Å². The second kappa shape index (κ2) is 3.27. The summed E-state index contributed by atoms with van der Waals surface area (Å²) in [6, 6.07) is 14.6. The van der Waals surface area contributed by atoms with E-state index in [1.54, 1.807) is 0 Å². The minimum Gasteiger partial charge on any atom is -0.399 e. The van der Waals surface area contributed by atoms with Crippen molar-refractivity contribution in [3.05, 3.63) is 53.6 Å². The second-order valence-corrected chi connectivity index (χ2v) is 4.25. The van der Waals surface area contributed by atoms with Gasteiger partial charge in [-0.2, -0.15) is 0 Å². The number of fused-ring (bicyclic) bond motifs is 2. The van der Waals surface area contributed by atoms with Crippen molar-refractivity contribution in [1.29, 1.82) is 0 Å². The lowest BCUT2D eigenvalue weighted by Crippen LogP contribution is -2.18. The highest BCUT2D eigenvalue weighted by Gasteiger charge is 2.18. The van der Waals surface area contributed by atoms with E-state index >= 15 is 0 Å². The quantitative estimate of drug-likeness (QED) is 0.677. The van der Waals surface area contributed by atoms with Gasteiger partial charge in [-0.3, -0.25) is 0 Å². The molecule has 1 aliphatic heterocycles. The van der Waals surface area contributed by atoms with E-state index in [1.165, 1.54) is 22.5 Å². The Morgan fingerprint density at radius 1 is 1.00 bits per heavy atom. The van der Waals surface area contributed by atoms with Gasteiger partial charge >= 0.3 is 0 Å². The molecule has 2 heteroatoms. The molecule has 0 aliphatic carbocycles. The SMILES string of the molecule is CN1c2ccccc2Cc2cc(N)ccc21. The van der Waals surface area contributed by atoms with Crippen molar-refractivity contribution in [3.63, 3.8) is 0 Å². The number of nitrogen functional groups attached to an aromatic ring is 1. The van der Waals surface area contributed by atoms with E-state index in [9.17, 15) is 0 Å². The highest BCUT2D eigenvalue weighted by Crippen LogP contribution is 2.37. The maximum Gasteiger partial charge on any atom is 0.0445 e. The van der Waals surface area contributed by atoms with Gasteiger partial charge in [0.2, 0.25) is 0 Å². The molecular formula is C14H14N2.